The van der Waals surface area contributed by atoms with Gasteiger partial charge in [-0.3, -0.25) is 4.57 Å². The second-order valence-electron chi connectivity index (χ2n) is 12.3. The number of benzene rings is 5. The van der Waals surface area contributed by atoms with E-state index in [1.165, 1.54) is 21.9 Å². The van der Waals surface area contributed by atoms with Crippen molar-refractivity contribution in [2.45, 2.75) is 6.92 Å². The van der Waals surface area contributed by atoms with Gasteiger partial charge in [0.1, 0.15) is 11.6 Å². The molecule has 0 aliphatic rings. The van der Waals surface area contributed by atoms with E-state index in [0.717, 1.165) is 56.1 Å². The Balaban J connectivity index is 1.32. The number of nitrogens with zero attached hydrogens (tertiary/aromatic N) is 4. The van der Waals surface area contributed by atoms with Crippen molar-refractivity contribution in [3.05, 3.63) is 157 Å². The molecule has 0 saturated carbocycles. The number of ether oxygens (including phenoxy) is 1. The van der Waals surface area contributed by atoms with E-state index in [0.29, 0.717) is 5.88 Å². The molecule has 0 amide bonds. The highest BCUT2D eigenvalue weighted by atomic mass is 16.5. The lowest BCUT2D eigenvalue weighted by Crippen LogP contribution is -2.08. The maximum atomic E-state index is 6.44. The third kappa shape index (κ3) is 5.56. The van der Waals surface area contributed by atoms with Gasteiger partial charge in [-0.25, -0.2) is 9.97 Å². The Kier molecular flexibility index (Phi) is 7.42. The van der Waals surface area contributed by atoms with Crippen molar-refractivity contribution in [1.82, 2.24) is 14.5 Å². The Hall–Kier alpha value is -6.20. The van der Waals surface area contributed by atoms with Gasteiger partial charge in [0.05, 0.1) is 11.0 Å². The molecule has 0 bridgehead atoms. The molecular weight excluding hydrogens is 589 g/mol. The summed E-state index contributed by atoms with van der Waals surface area (Å²) in [6.45, 7) is 2.11. The summed E-state index contributed by atoms with van der Waals surface area (Å²) in [5.41, 5.74) is 11.1. The predicted octanol–water partition coefficient (Wildman–Crippen LogP) is 10.7. The summed E-state index contributed by atoms with van der Waals surface area (Å²) in [5, 5.41) is 2.37. The van der Waals surface area contributed by atoms with Crippen LogP contribution in [0, 0.1) is 6.92 Å². The summed E-state index contributed by atoms with van der Waals surface area (Å²) in [6.07, 6.45) is 3.67. The van der Waals surface area contributed by atoms with Crippen LogP contribution in [-0.2, 0) is 0 Å². The molecule has 0 fully saturated rings. The van der Waals surface area contributed by atoms with Gasteiger partial charge in [-0.1, -0.05) is 78.9 Å². The number of fused-ring (bicyclic) bond motifs is 3. The van der Waals surface area contributed by atoms with Gasteiger partial charge in [-0.05, 0) is 100 Å². The first-order valence-electron chi connectivity index (χ1n) is 16.1. The monoisotopic (exact) mass is 622 g/mol. The van der Waals surface area contributed by atoms with E-state index >= 15 is 0 Å². The molecule has 0 N–H and O–H groups in total. The number of anilines is 1. The van der Waals surface area contributed by atoms with E-state index in [9.17, 15) is 0 Å². The van der Waals surface area contributed by atoms with Crippen LogP contribution in [0.25, 0.3) is 61.0 Å². The lowest BCUT2D eigenvalue weighted by atomic mass is 9.97. The first kappa shape index (κ1) is 29.2. The molecule has 5 nitrogen and oxygen atoms in total. The van der Waals surface area contributed by atoms with E-state index in [1.54, 1.807) is 6.20 Å². The van der Waals surface area contributed by atoms with Crippen molar-refractivity contribution < 1.29 is 4.74 Å². The predicted molar refractivity (Wildman–Crippen MR) is 198 cm³/mol. The second-order valence-corrected chi connectivity index (χ2v) is 12.3. The Bertz CT molecular complexity index is 2410. The van der Waals surface area contributed by atoms with Crippen molar-refractivity contribution in [3.8, 4) is 50.8 Å². The van der Waals surface area contributed by atoms with Crippen LogP contribution < -0.4 is 9.64 Å². The molecule has 0 unspecified atom stereocenters. The molecule has 5 aromatic carbocycles. The molecule has 0 radical (unpaired) electrons. The van der Waals surface area contributed by atoms with Crippen LogP contribution >= 0.6 is 0 Å². The summed E-state index contributed by atoms with van der Waals surface area (Å²) in [7, 11) is 4.02. The Labute approximate surface area is 280 Å². The molecule has 0 saturated heterocycles. The van der Waals surface area contributed by atoms with E-state index in [4.69, 9.17) is 9.72 Å². The standard InChI is InChI=1S/C43H34N4O/c1-29-18-20-44-42(22-29)47-40-17-15-32(30-10-6-4-7-11-30)26-39(40)38-16-14-33(27-41(38)47)35-23-34(31-12-8-5-9-13-31)24-37(25-35)48-43-28-36(46(2)3)19-21-45-43/h4-28H,1-3H3. The normalized spacial score (nSPS) is 11.2. The van der Waals surface area contributed by atoms with Crippen molar-refractivity contribution >= 4 is 27.5 Å². The first-order chi connectivity index (χ1) is 23.5. The largest absolute Gasteiger partial charge is 0.439 e. The first-order valence-corrected chi connectivity index (χ1v) is 16.1. The second kappa shape index (κ2) is 12.2. The summed E-state index contributed by atoms with van der Waals surface area (Å²) in [6, 6.07) is 49.0. The maximum absolute atomic E-state index is 6.44. The van der Waals surface area contributed by atoms with Gasteiger partial charge in [0.25, 0.3) is 0 Å². The zero-order valence-corrected chi connectivity index (χ0v) is 27.1. The molecule has 0 aliphatic heterocycles. The minimum atomic E-state index is 0.549. The van der Waals surface area contributed by atoms with Crippen LogP contribution in [0.1, 0.15) is 5.56 Å². The fraction of sp³-hybridized carbons (Fsp3) is 0.0698. The Morgan fingerprint density at radius 2 is 1.19 bits per heavy atom. The number of hydrogen-bond acceptors (Lipinski definition) is 4. The van der Waals surface area contributed by atoms with Crippen LogP contribution in [0.2, 0.25) is 0 Å². The molecule has 232 valence electrons. The number of aromatic nitrogens is 3. The van der Waals surface area contributed by atoms with E-state index in [1.807, 2.05) is 49.5 Å². The molecule has 5 heteroatoms. The minimum Gasteiger partial charge on any atom is -0.439 e. The quantitative estimate of drug-likeness (QED) is 0.177. The summed E-state index contributed by atoms with van der Waals surface area (Å²) < 4.78 is 8.72. The highest BCUT2D eigenvalue weighted by molar-refractivity contribution is 6.11. The summed E-state index contributed by atoms with van der Waals surface area (Å²) in [5.74, 6) is 2.17. The van der Waals surface area contributed by atoms with E-state index in [-0.39, 0.29) is 0 Å². The highest BCUT2D eigenvalue weighted by Crippen LogP contribution is 2.39. The van der Waals surface area contributed by atoms with Crippen molar-refractivity contribution in [2.24, 2.45) is 0 Å². The third-order valence-corrected chi connectivity index (χ3v) is 8.81. The number of rotatable bonds is 7. The smallest absolute Gasteiger partial charge is 0.221 e. The van der Waals surface area contributed by atoms with Crippen LogP contribution in [0.3, 0.4) is 0 Å². The highest BCUT2D eigenvalue weighted by Gasteiger charge is 2.17. The maximum Gasteiger partial charge on any atom is 0.221 e. The Morgan fingerprint density at radius 3 is 1.92 bits per heavy atom. The van der Waals surface area contributed by atoms with E-state index < -0.39 is 0 Å². The van der Waals surface area contributed by atoms with Crippen LogP contribution in [0.5, 0.6) is 11.6 Å². The molecule has 8 rings (SSSR count). The van der Waals surface area contributed by atoms with Crippen molar-refractivity contribution in [1.29, 1.82) is 0 Å². The van der Waals surface area contributed by atoms with Crippen molar-refractivity contribution in [2.75, 3.05) is 19.0 Å². The van der Waals surface area contributed by atoms with Gasteiger partial charge in [-0.2, -0.15) is 0 Å². The van der Waals surface area contributed by atoms with Crippen molar-refractivity contribution in [3.63, 3.8) is 0 Å². The van der Waals surface area contributed by atoms with Crippen LogP contribution in [-0.4, -0.2) is 28.6 Å². The number of pyridine rings is 2. The minimum absolute atomic E-state index is 0.549. The average molecular weight is 623 g/mol. The summed E-state index contributed by atoms with van der Waals surface area (Å²) in [4.78, 5) is 11.4. The van der Waals surface area contributed by atoms with Gasteiger partial charge in [-0.15, -0.1) is 0 Å². The number of aryl methyl sites for hydroxylation is 1. The molecule has 3 aromatic heterocycles. The molecule has 3 heterocycles. The van der Waals surface area contributed by atoms with Gasteiger partial charge < -0.3 is 9.64 Å². The average Bonchev–Trinajstić information content (AvgIpc) is 3.45. The molecule has 0 aliphatic carbocycles. The van der Waals surface area contributed by atoms with Gasteiger partial charge in [0.2, 0.25) is 5.88 Å². The molecular formula is C43H34N4O. The third-order valence-electron chi connectivity index (χ3n) is 8.81. The lowest BCUT2D eigenvalue weighted by Gasteiger charge is -2.15. The fourth-order valence-corrected chi connectivity index (χ4v) is 6.38. The zero-order chi connectivity index (χ0) is 32.6. The van der Waals surface area contributed by atoms with Crippen LogP contribution in [0.15, 0.2) is 152 Å². The SMILES string of the molecule is Cc1ccnc(-n2c3ccc(-c4ccccc4)cc3c3ccc(-c4cc(Oc5cc(N(C)C)ccn5)cc(-c5ccccc5)c4)cc32)c1. The molecule has 0 spiro atoms. The zero-order valence-electron chi connectivity index (χ0n) is 27.1. The molecule has 48 heavy (non-hydrogen) atoms. The molecule has 8 aromatic rings. The number of hydrogen-bond donors (Lipinski definition) is 0. The lowest BCUT2D eigenvalue weighted by molar-refractivity contribution is 0.463. The molecule has 0 atom stereocenters. The fourth-order valence-electron chi connectivity index (χ4n) is 6.38. The van der Waals surface area contributed by atoms with Gasteiger partial charge in [0.15, 0.2) is 0 Å². The topological polar surface area (TPSA) is 43.2 Å². The van der Waals surface area contributed by atoms with E-state index in [2.05, 4.69) is 132 Å². The summed E-state index contributed by atoms with van der Waals surface area (Å²) >= 11 is 0. The van der Waals surface area contributed by atoms with Gasteiger partial charge >= 0.3 is 0 Å². The Morgan fingerprint density at radius 1 is 0.521 bits per heavy atom. The van der Waals surface area contributed by atoms with Crippen LogP contribution in [0.4, 0.5) is 5.69 Å². The van der Waals surface area contributed by atoms with Gasteiger partial charge in [0, 0.05) is 49.0 Å².